The Morgan fingerprint density at radius 3 is 3.19 bits per heavy atom. The number of carbonyl (C=O) groups excluding carboxylic acids is 1. The minimum Gasteiger partial charge on any atom is -0.378 e. The van der Waals surface area contributed by atoms with Crippen LogP contribution in [0.5, 0.6) is 0 Å². The molecule has 0 N–H and O–H groups in total. The normalized spacial score (nSPS) is 19.9. The summed E-state index contributed by atoms with van der Waals surface area (Å²) < 4.78 is 5.46. The summed E-state index contributed by atoms with van der Waals surface area (Å²) in [6.07, 6.45) is 5.22. The molecule has 3 nitrogen and oxygen atoms in total. The van der Waals surface area contributed by atoms with Gasteiger partial charge in [-0.3, -0.25) is 9.78 Å². The molecule has 1 saturated heterocycles. The number of ether oxygens (including phenoxy) is 1. The first kappa shape index (κ1) is 11.6. The second-order valence-corrected chi connectivity index (χ2v) is 4.34. The van der Waals surface area contributed by atoms with Crippen molar-refractivity contribution in [1.82, 2.24) is 4.98 Å². The summed E-state index contributed by atoms with van der Waals surface area (Å²) in [4.78, 5) is 15.8. The SMILES string of the molecule is O=C(CCC1CCCO1)c1ncccc1Cl. The van der Waals surface area contributed by atoms with Crippen molar-refractivity contribution in [2.24, 2.45) is 0 Å². The molecule has 0 aliphatic carbocycles. The molecule has 0 aromatic carbocycles. The lowest BCUT2D eigenvalue weighted by Crippen LogP contribution is -2.10. The minimum atomic E-state index is 0.00102. The summed E-state index contributed by atoms with van der Waals surface area (Å²) in [5, 5.41) is 0.430. The molecule has 0 bridgehead atoms. The Kier molecular flexibility index (Phi) is 3.91. The minimum absolute atomic E-state index is 0.00102. The Balaban J connectivity index is 1.90. The van der Waals surface area contributed by atoms with Gasteiger partial charge in [-0.1, -0.05) is 11.6 Å². The van der Waals surface area contributed by atoms with E-state index < -0.39 is 0 Å². The van der Waals surface area contributed by atoms with Crippen LogP contribution in [0.25, 0.3) is 0 Å². The van der Waals surface area contributed by atoms with Gasteiger partial charge in [-0.15, -0.1) is 0 Å². The number of Topliss-reactive ketones (excluding diaryl/α,β-unsaturated/α-hetero) is 1. The van der Waals surface area contributed by atoms with E-state index in [-0.39, 0.29) is 11.9 Å². The zero-order chi connectivity index (χ0) is 11.4. The highest BCUT2D eigenvalue weighted by Gasteiger charge is 2.18. The second kappa shape index (κ2) is 5.41. The van der Waals surface area contributed by atoms with Gasteiger partial charge >= 0.3 is 0 Å². The summed E-state index contributed by atoms with van der Waals surface area (Å²) in [7, 11) is 0. The first-order valence-corrected chi connectivity index (χ1v) is 5.90. The lowest BCUT2D eigenvalue weighted by Gasteiger charge is -2.08. The van der Waals surface area contributed by atoms with Gasteiger partial charge in [-0.25, -0.2) is 0 Å². The van der Waals surface area contributed by atoms with E-state index in [1.807, 2.05) is 0 Å². The number of carbonyl (C=O) groups is 1. The maximum atomic E-state index is 11.8. The summed E-state index contributed by atoms with van der Waals surface area (Å²) >= 11 is 5.90. The summed E-state index contributed by atoms with van der Waals surface area (Å²) in [6.45, 7) is 0.823. The molecule has 1 fully saturated rings. The average Bonchev–Trinajstić information content (AvgIpc) is 2.79. The van der Waals surface area contributed by atoms with Gasteiger partial charge in [-0.2, -0.15) is 0 Å². The predicted molar refractivity (Wildman–Crippen MR) is 61.8 cm³/mol. The number of pyridine rings is 1. The van der Waals surface area contributed by atoms with Crippen LogP contribution in [0.2, 0.25) is 5.02 Å². The highest BCUT2D eigenvalue weighted by atomic mass is 35.5. The van der Waals surface area contributed by atoms with E-state index in [1.165, 1.54) is 0 Å². The molecule has 1 aliphatic rings. The van der Waals surface area contributed by atoms with Crippen LogP contribution in [0.1, 0.15) is 36.2 Å². The fourth-order valence-corrected chi connectivity index (χ4v) is 2.10. The van der Waals surface area contributed by atoms with E-state index >= 15 is 0 Å². The molecule has 1 aromatic heterocycles. The standard InChI is InChI=1S/C12H14ClNO2/c13-10-4-1-7-14-12(10)11(15)6-5-9-3-2-8-16-9/h1,4,7,9H,2-3,5-6,8H2. The zero-order valence-corrected chi connectivity index (χ0v) is 9.74. The first-order valence-electron chi connectivity index (χ1n) is 5.52. The van der Waals surface area contributed by atoms with Gasteiger partial charge in [0, 0.05) is 19.2 Å². The van der Waals surface area contributed by atoms with Gasteiger partial charge in [0.05, 0.1) is 11.1 Å². The lowest BCUT2D eigenvalue weighted by atomic mass is 10.1. The lowest BCUT2D eigenvalue weighted by molar-refractivity contribution is 0.0856. The van der Waals surface area contributed by atoms with Gasteiger partial charge in [-0.05, 0) is 31.4 Å². The third kappa shape index (κ3) is 2.80. The Labute approximate surface area is 99.8 Å². The third-order valence-corrected chi connectivity index (χ3v) is 3.04. The number of ketones is 1. The van der Waals surface area contributed by atoms with Gasteiger partial charge in [0.25, 0.3) is 0 Å². The first-order chi connectivity index (χ1) is 7.77. The van der Waals surface area contributed by atoms with Crippen LogP contribution in [0.3, 0.4) is 0 Å². The molecule has 0 radical (unpaired) electrons. The Hall–Kier alpha value is -0.930. The van der Waals surface area contributed by atoms with Crippen molar-refractivity contribution in [3.63, 3.8) is 0 Å². The Morgan fingerprint density at radius 1 is 1.62 bits per heavy atom. The molecule has 0 saturated carbocycles. The molecule has 86 valence electrons. The van der Waals surface area contributed by atoms with Crippen LogP contribution in [0, 0.1) is 0 Å². The maximum absolute atomic E-state index is 11.8. The molecule has 0 amide bonds. The number of aromatic nitrogens is 1. The number of halogens is 1. The fraction of sp³-hybridized carbons (Fsp3) is 0.500. The van der Waals surface area contributed by atoms with Crippen LogP contribution in [-0.4, -0.2) is 23.5 Å². The predicted octanol–water partition coefficient (Wildman–Crippen LogP) is 2.88. The molecule has 1 unspecified atom stereocenters. The van der Waals surface area contributed by atoms with Crippen LogP contribution in [-0.2, 0) is 4.74 Å². The van der Waals surface area contributed by atoms with Crippen molar-refractivity contribution < 1.29 is 9.53 Å². The van der Waals surface area contributed by atoms with Crippen LogP contribution in [0.4, 0.5) is 0 Å². The molecular weight excluding hydrogens is 226 g/mol. The van der Waals surface area contributed by atoms with E-state index in [0.29, 0.717) is 17.1 Å². The van der Waals surface area contributed by atoms with Gasteiger partial charge in [0.1, 0.15) is 5.69 Å². The summed E-state index contributed by atoms with van der Waals surface area (Å²) in [5.41, 5.74) is 0.377. The Morgan fingerprint density at radius 2 is 2.50 bits per heavy atom. The van der Waals surface area contributed by atoms with E-state index in [2.05, 4.69) is 4.98 Å². The molecule has 4 heteroatoms. The van der Waals surface area contributed by atoms with Crippen LogP contribution < -0.4 is 0 Å². The van der Waals surface area contributed by atoms with Crippen molar-refractivity contribution in [2.75, 3.05) is 6.61 Å². The molecule has 16 heavy (non-hydrogen) atoms. The van der Waals surface area contributed by atoms with Crippen molar-refractivity contribution in [3.8, 4) is 0 Å². The summed E-state index contributed by atoms with van der Waals surface area (Å²) in [6, 6.07) is 3.41. The molecule has 1 atom stereocenters. The largest absolute Gasteiger partial charge is 0.378 e. The third-order valence-electron chi connectivity index (χ3n) is 2.74. The quantitative estimate of drug-likeness (QED) is 0.759. The van der Waals surface area contributed by atoms with Gasteiger partial charge in [0.15, 0.2) is 5.78 Å². The smallest absolute Gasteiger partial charge is 0.182 e. The van der Waals surface area contributed by atoms with Gasteiger partial charge in [0.2, 0.25) is 0 Å². The number of hydrogen-bond acceptors (Lipinski definition) is 3. The van der Waals surface area contributed by atoms with Crippen LogP contribution in [0.15, 0.2) is 18.3 Å². The average molecular weight is 240 g/mol. The molecule has 1 aliphatic heterocycles. The van der Waals surface area contributed by atoms with Crippen molar-refractivity contribution in [3.05, 3.63) is 29.0 Å². The van der Waals surface area contributed by atoms with E-state index in [0.717, 1.165) is 25.9 Å². The molecule has 0 spiro atoms. The Bertz CT molecular complexity index is 375. The number of hydrogen-bond donors (Lipinski definition) is 0. The van der Waals surface area contributed by atoms with Crippen LogP contribution >= 0.6 is 11.6 Å². The number of nitrogens with zero attached hydrogens (tertiary/aromatic N) is 1. The highest BCUT2D eigenvalue weighted by molar-refractivity contribution is 6.33. The van der Waals surface area contributed by atoms with E-state index in [1.54, 1.807) is 18.3 Å². The summed E-state index contributed by atoms with van der Waals surface area (Å²) in [5.74, 6) is 0.00102. The van der Waals surface area contributed by atoms with Crippen molar-refractivity contribution in [1.29, 1.82) is 0 Å². The van der Waals surface area contributed by atoms with Crippen molar-refractivity contribution >= 4 is 17.4 Å². The van der Waals surface area contributed by atoms with E-state index in [4.69, 9.17) is 16.3 Å². The van der Waals surface area contributed by atoms with Crippen molar-refractivity contribution in [2.45, 2.75) is 31.8 Å². The maximum Gasteiger partial charge on any atom is 0.182 e. The molecular formula is C12H14ClNO2. The monoisotopic (exact) mass is 239 g/mol. The zero-order valence-electron chi connectivity index (χ0n) is 8.99. The topological polar surface area (TPSA) is 39.2 Å². The molecule has 2 heterocycles. The van der Waals surface area contributed by atoms with Gasteiger partial charge < -0.3 is 4.74 Å². The molecule has 1 aromatic rings. The number of rotatable bonds is 4. The van der Waals surface area contributed by atoms with E-state index in [9.17, 15) is 4.79 Å². The second-order valence-electron chi connectivity index (χ2n) is 3.93. The highest BCUT2D eigenvalue weighted by Crippen LogP contribution is 2.20. The molecule has 2 rings (SSSR count). The fourth-order valence-electron chi connectivity index (χ4n) is 1.87.